The Kier molecular flexibility index (Phi) is 5.59. The van der Waals surface area contributed by atoms with E-state index in [1.54, 1.807) is 40.2 Å². The van der Waals surface area contributed by atoms with Crippen molar-refractivity contribution in [3.63, 3.8) is 0 Å². The molecule has 5 nitrogen and oxygen atoms in total. The molecule has 0 saturated heterocycles. The highest BCUT2D eigenvalue weighted by atomic mass is 35.5. The number of amides is 1. The molecule has 134 valence electrons. The molecule has 1 heterocycles. The summed E-state index contributed by atoms with van der Waals surface area (Å²) in [5.74, 6) is -0.0452. The van der Waals surface area contributed by atoms with Crippen LogP contribution in [-0.4, -0.2) is 31.6 Å². The van der Waals surface area contributed by atoms with E-state index >= 15 is 0 Å². The normalized spacial score (nSPS) is 11.0. The van der Waals surface area contributed by atoms with Gasteiger partial charge in [0.25, 0.3) is 5.91 Å². The van der Waals surface area contributed by atoms with Crippen molar-refractivity contribution < 1.29 is 4.79 Å². The van der Waals surface area contributed by atoms with Gasteiger partial charge >= 0.3 is 0 Å². The van der Waals surface area contributed by atoms with E-state index in [1.165, 1.54) is 6.33 Å². The molecular weight excluding hydrogens is 371 g/mol. The zero-order valence-electron chi connectivity index (χ0n) is 14.4. The lowest BCUT2D eigenvalue weighted by molar-refractivity contribution is 0.0690. The van der Waals surface area contributed by atoms with Gasteiger partial charge in [0.1, 0.15) is 12.7 Å². The number of hydrogen-bond acceptors (Lipinski definition) is 3. The van der Waals surface area contributed by atoms with Gasteiger partial charge in [0.2, 0.25) is 0 Å². The standard InChI is InChI=1S/C19H18Cl2N4O/c1-13(2)24(10-14-3-8-17(20)18(21)9-14)19(26)15-4-6-16(7-5-15)25-12-22-11-23-25/h3-9,11-13H,10H2,1-2H3. The third kappa shape index (κ3) is 4.06. The average molecular weight is 389 g/mol. The number of rotatable bonds is 5. The Morgan fingerprint density at radius 1 is 1.12 bits per heavy atom. The number of halogens is 2. The quantitative estimate of drug-likeness (QED) is 0.640. The number of carbonyl (C=O) groups excluding carboxylic acids is 1. The first-order valence-corrected chi connectivity index (χ1v) is 8.91. The summed E-state index contributed by atoms with van der Waals surface area (Å²) in [6.45, 7) is 4.43. The van der Waals surface area contributed by atoms with E-state index in [2.05, 4.69) is 10.1 Å². The topological polar surface area (TPSA) is 51.0 Å². The van der Waals surface area contributed by atoms with Crippen LogP contribution >= 0.6 is 23.2 Å². The molecule has 1 amide bonds. The van der Waals surface area contributed by atoms with Gasteiger partial charge in [-0.1, -0.05) is 29.3 Å². The summed E-state index contributed by atoms with van der Waals surface area (Å²) >= 11 is 12.1. The lowest BCUT2D eigenvalue weighted by atomic mass is 10.1. The van der Waals surface area contributed by atoms with Crippen LogP contribution in [0, 0.1) is 0 Å². The van der Waals surface area contributed by atoms with Crippen molar-refractivity contribution in [2.45, 2.75) is 26.4 Å². The van der Waals surface area contributed by atoms with Crippen molar-refractivity contribution >= 4 is 29.1 Å². The first-order chi connectivity index (χ1) is 12.5. The van der Waals surface area contributed by atoms with Gasteiger partial charge in [-0.15, -0.1) is 0 Å². The molecule has 0 unspecified atom stereocenters. The molecule has 0 atom stereocenters. The Labute approximate surface area is 162 Å². The van der Waals surface area contributed by atoms with Crippen LogP contribution in [0.3, 0.4) is 0 Å². The SMILES string of the molecule is CC(C)N(Cc1ccc(Cl)c(Cl)c1)C(=O)c1ccc(-n2cncn2)cc1. The van der Waals surface area contributed by atoms with Gasteiger partial charge < -0.3 is 4.90 Å². The summed E-state index contributed by atoms with van der Waals surface area (Å²) in [6.07, 6.45) is 3.08. The van der Waals surface area contributed by atoms with Crippen molar-refractivity contribution in [2.75, 3.05) is 0 Å². The fourth-order valence-electron chi connectivity index (χ4n) is 2.59. The predicted octanol–water partition coefficient (Wildman–Crippen LogP) is 4.62. The van der Waals surface area contributed by atoms with Gasteiger partial charge in [-0.3, -0.25) is 4.79 Å². The van der Waals surface area contributed by atoms with Gasteiger partial charge in [0.05, 0.1) is 15.7 Å². The maximum Gasteiger partial charge on any atom is 0.254 e. The first kappa shape index (κ1) is 18.4. The Morgan fingerprint density at radius 3 is 2.42 bits per heavy atom. The third-order valence-electron chi connectivity index (χ3n) is 4.02. The molecule has 0 aliphatic rings. The van der Waals surface area contributed by atoms with Crippen molar-refractivity contribution in [2.24, 2.45) is 0 Å². The third-order valence-corrected chi connectivity index (χ3v) is 4.76. The number of carbonyl (C=O) groups is 1. The van der Waals surface area contributed by atoms with Gasteiger partial charge in [-0.2, -0.15) is 5.10 Å². The largest absolute Gasteiger partial charge is 0.332 e. The van der Waals surface area contributed by atoms with Crippen LogP contribution < -0.4 is 0 Å². The molecule has 0 bridgehead atoms. The lowest BCUT2D eigenvalue weighted by Gasteiger charge is -2.27. The number of hydrogen-bond donors (Lipinski definition) is 0. The summed E-state index contributed by atoms with van der Waals surface area (Å²) < 4.78 is 1.64. The number of nitrogens with zero attached hydrogens (tertiary/aromatic N) is 4. The van der Waals surface area contributed by atoms with Gasteiger partial charge in [-0.05, 0) is 55.8 Å². The van der Waals surface area contributed by atoms with Gasteiger partial charge in [0.15, 0.2) is 0 Å². The molecular formula is C19H18Cl2N4O. The highest BCUT2D eigenvalue weighted by Crippen LogP contribution is 2.24. The monoisotopic (exact) mass is 388 g/mol. The van der Waals surface area contributed by atoms with Crippen LogP contribution in [-0.2, 0) is 6.54 Å². The van der Waals surface area contributed by atoms with E-state index in [9.17, 15) is 4.79 Å². The Balaban J connectivity index is 1.81. The Morgan fingerprint density at radius 2 is 1.85 bits per heavy atom. The fourth-order valence-corrected chi connectivity index (χ4v) is 2.91. The smallest absolute Gasteiger partial charge is 0.254 e. The molecule has 0 fully saturated rings. The lowest BCUT2D eigenvalue weighted by Crippen LogP contribution is -2.36. The molecule has 1 aromatic heterocycles. The van der Waals surface area contributed by atoms with Crippen LogP contribution in [0.1, 0.15) is 29.8 Å². The van der Waals surface area contributed by atoms with Crippen molar-refractivity contribution in [1.29, 1.82) is 0 Å². The number of aromatic nitrogens is 3. The molecule has 0 spiro atoms. The van der Waals surface area contributed by atoms with Gasteiger partial charge in [0, 0.05) is 18.2 Å². The fraction of sp³-hybridized carbons (Fsp3) is 0.211. The van der Waals surface area contributed by atoms with Crippen molar-refractivity contribution in [1.82, 2.24) is 19.7 Å². The van der Waals surface area contributed by atoms with Gasteiger partial charge in [-0.25, -0.2) is 9.67 Å². The molecule has 0 aliphatic heterocycles. The maximum atomic E-state index is 13.0. The van der Waals surface area contributed by atoms with Crippen LogP contribution in [0.2, 0.25) is 10.0 Å². The predicted molar refractivity (Wildman–Crippen MR) is 103 cm³/mol. The van der Waals surface area contributed by atoms with Crippen LogP contribution in [0.5, 0.6) is 0 Å². The second-order valence-corrected chi connectivity index (χ2v) is 6.98. The van der Waals surface area contributed by atoms with Crippen LogP contribution in [0.15, 0.2) is 55.1 Å². The van der Waals surface area contributed by atoms with E-state index in [4.69, 9.17) is 23.2 Å². The van der Waals surface area contributed by atoms with Crippen LogP contribution in [0.25, 0.3) is 5.69 Å². The van der Waals surface area contributed by atoms with E-state index in [1.807, 2.05) is 32.0 Å². The van der Waals surface area contributed by atoms with E-state index in [0.29, 0.717) is 22.2 Å². The molecule has 26 heavy (non-hydrogen) atoms. The molecule has 0 aliphatic carbocycles. The highest BCUT2D eigenvalue weighted by Gasteiger charge is 2.19. The summed E-state index contributed by atoms with van der Waals surface area (Å²) in [6, 6.07) is 12.7. The van der Waals surface area contributed by atoms with Crippen molar-refractivity contribution in [3.05, 3.63) is 76.3 Å². The Bertz CT molecular complexity index is 892. The summed E-state index contributed by atoms with van der Waals surface area (Å²) in [5, 5.41) is 5.07. The summed E-state index contributed by atoms with van der Waals surface area (Å²) in [5.41, 5.74) is 2.39. The zero-order valence-corrected chi connectivity index (χ0v) is 15.9. The first-order valence-electron chi connectivity index (χ1n) is 8.15. The summed E-state index contributed by atoms with van der Waals surface area (Å²) in [4.78, 5) is 18.7. The maximum absolute atomic E-state index is 13.0. The molecule has 0 saturated carbocycles. The second kappa shape index (κ2) is 7.89. The minimum absolute atomic E-state index is 0.0342. The van der Waals surface area contributed by atoms with Crippen LogP contribution in [0.4, 0.5) is 0 Å². The second-order valence-electron chi connectivity index (χ2n) is 6.16. The molecule has 3 aromatic rings. The number of benzene rings is 2. The molecule has 0 radical (unpaired) electrons. The zero-order chi connectivity index (χ0) is 18.7. The minimum atomic E-state index is -0.0452. The molecule has 0 N–H and O–H groups in total. The molecule has 2 aromatic carbocycles. The summed E-state index contributed by atoms with van der Waals surface area (Å²) in [7, 11) is 0. The molecule has 7 heteroatoms. The Hall–Kier alpha value is -2.37. The van der Waals surface area contributed by atoms with E-state index < -0.39 is 0 Å². The van der Waals surface area contributed by atoms with E-state index in [0.717, 1.165) is 11.3 Å². The molecule has 3 rings (SSSR count). The van der Waals surface area contributed by atoms with E-state index in [-0.39, 0.29) is 11.9 Å². The average Bonchev–Trinajstić information content (AvgIpc) is 3.16. The highest BCUT2D eigenvalue weighted by molar-refractivity contribution is 6.42. The minimum Gasteiger partial charge on any atom is -0.332 e. The van der Waals surface area contributed by atoms with Crippen molar-refractivity contribution in [3.8, 4) is 5.69 Å².